The van der Waals surface area contributed by atoms with E-state index in [1.54, 1.807) is 6.20 Å². The summed E-state index contributed by atoms with van der Waals surface area (Å²) in [5.74, 6) is 0. The summed E-state index contributed by atoms with van der Waals surface area (Å²) in [6.45, 7) is 1.92. The summed E-state index contributed by atoms with van der Waals surface area (Å²) in [7, 11) is 0. The fourth-order valence-corrected chi connectivity index (χ4v) is 0.843. The topological polar surface area (TPSA) is 62.7 Å². The Kier molecular flexibility index (Phi) is 2.07. The Labute approximate surface area is 65.5 Å². The summed E-state index contributed by atoms with van der Waals surface area (Å²) >= 11 is 0. The maximum atomic E-state index is 8.37. The molecule has 0 aliphatic heterocycles. The zero-order valence-electron chi connectivity index (χ0n) is 6.33. The van der Waals surface area contributed by atoms with Crippen LogP contribution in [0.5, 0.6) is 0 Å². The first-order valence-corrected chi connectivity index (χ1v) is 3.32. The van der Waals surface area contributed by atoms with Crippen LogP contribution in [-0.4, -0.2) is 4.98 Å². The number of aromatic nitrogens is 1. The summed E-state index contributed by atoms with van der Waals surface area (Å²) in [5.41, 5.74) is 7.88. The van der Waals surface area contributed by atoms with Crippen LogP contribution in [0.25, 0.3) is 0 Å². The van der Waals surface area contributed by atoms with Gasteiger partial charge in [-0.15, -0.1) is 0 Å². The van der Waals surface area contributed by atoms with E-state index in [0.717, 1.165) is 5.56 Å². The monoisotopic (exact) mass is 147 g/mol. The molecule has 0 amide bonds. The normalized spacial score (nSPS) is 9.09. The Bertz CT molecular complexity index is 299. The highest BCUT2D eigenvalue weighted by Crippen LogP contribution is 2.09. The van der Waals surface area contributed by atoms with E-state index in [1.165, 1.54) is 0 Å². The molecule has 1 aromatic rings. The predicted molar refractivity (Wildman–Crippen MR) is 42.7 cm³/mol. The summed E-state index contributed by atoms with van der Waals surface area (Å²) in [4.78, 5) is 4.02. The smallest absolute Gasteiger partial charge is 0.0795 e. The number of aryl methyl sites for hydroxylation is 1. The number of rotatable bonds is 1. The number of anilines is 1. The molecule has 0 aliphatic rings. The number of nitrogen functional groups attached to an aromatic ring is 1. The minimum atomic E-state index is 0.284. The molecule has 1 aromatic heterocycles. The van der Waals surface area contributed by atoms with Crippen molar-refractivity contribution in [3.63, 3.8) is 0 Å². The van der Waals surface area contributed by atoms with Crippen molar-refractivity contribution in [2.75, 3.05) is 5.73 Å². The highest BCUT2D eigenvalue weighted by molar-refractivity contribution is 5.45. The number of nitrogens with two attached hydrogens (primary N) is 1. The number of pyridine rings is 1. The van der Waals surface area contributed by atoms with E-state index >= 15 is 0 Å². The Morgan fingerprint density at radius 3 is 3.00 bits per heavy atom. The lowest BCUT2D eigenvalue weighted by Crippen LogP contribution is -1.97. The average molecular weight is 147 g/mol. The molecule has 0 saturated carbocycles. The molecule has 3 nitrogen and oxygen atoms in total. The second-order valence-corrected chi connectivity index (χ2v) is 2.38. The van der Waals surface area contributed by atoms with Crippen molar-refractivity contribution in [1.82, 2.24) is 4.98 Å². The molecule has 2 N–H and O–H groups in total. The fourth-order valence-electron chi connectivity index (χ4n) is 0.843. The van der Waals surface area contributed by atoms with Crippen LogP contribution in [0.3, 0.4) is 0 Å². The van der Waals surface area contributed by atoms with Crippen molar-refractivity contribution in [3.8, 4) is 6.07 Å². The molecule has 11 heavy (non-hydrogen) atoms. The lowest BCUT2D eigenvalue weighted by molar-refractivity contribution is 1.10. The van der Waals surface area contributed by atoms with Crippen LogP contribution in [0.15, 0.2) is 12.3 Å². The van der Waals surface area contributed by atoms with Gasteiger partial charge in [-0.25, -0.2) is 0 Å². The van der Waals surface area contributed by atoms with Crippen LogP contribution < -0.4 is 5.73 Å². The minimum Gasteiger partial charge on any atom is -0.397 e. The molecule has 3 heteroatoms. The molecule has 0 unspecified atom stereocenters. The lowest BCUT2D eigenvalue weighted by Gasteiger charge is -1.99. The zero-order chi connectivity index (χ0) is 8.27. The van der Waals surface area contributed by atoms with Crippen LogP contribution in [0, 0.1) is 18.3 Å². The highest BCUT2D eigenvalue weighted by atomic mass is 14.7. The molecule has 0 spiro atoms. The van der Waals surface area contributed by atoms with E-state index < -0.39 is 0 Å². The molecule has 0 saturated heterocycles. The van der Waals surface area contributed by atoms with Gasteiger partial charge in [0.25, 0.3) is 0 Å². The Morgan fingerprint density at radius 2 is 2.45 bits per heavy atom. The fraction of sp³-hybridized carbons (Fsp3) is 0.250. The number of hydrogen-bond donors (Lipinski definition) is 1. The number of hydrogen-bond acceptors (Lipinski definition) is 3. The van der Waals surface area contributed by atoms with E-state index in [0.29, 0.717) is 11.4 Å². The summed E-state index contributed by atoms with van der Waals surface area (Å²) in [6, 6.07) is 3.82. The molecule has 0 radical (unpaired) electrons. The quantitative estimate of drug-likeness (QED) is 0.645. The van der Waals surface area contributed by atoms with Crippen molar-refractivity contribution >= 4 is 5.69 Å². The second-order valence-electron chi connectivity index (χ2n) is 2.38. The van der Waals surface area contributed by atoms with Crippen LogP contribution >= 0.6 is 0 Å². The van der Waals surface area contributed by atoms with E-state index in [2.05, 4.69) is 4.98 Å². The van der Waals surface area contributed by atoms with Gasteiger partial charge < -0.3 is 5.73 Å². The maximum Gasteiger partial charge on any atom is 0.0795 e. The molecule has 0 atom stereocenters. The van der Waals surface area contributed by atoms with Crippen molar-refractivity contribution in [3.05, 3.63) is 23.5 Å². The number of nitriles is 1. The minimum absolute atomic E-state index is 0.284. The molecule has 1 heterocycles. The van der Waals surface area contributed by atoms with E-state index in [-0.39, 0.29) is 6.42 Å². The first-order valence-electron chi connectivity index (χ1n) is 3.32. The van der Waals surface area contributed by atoms with Gasteiger partial charge >= 0.3 is 0 Å². The van der Waals surface area contributed by atoms with E-state index in [1.807, 2.05) is 19.1 Å². The molecule has 1 rings (SSSR count). The van der Waals surface area contributed by atoms with Gasteiger partial charge in [-0.1, -0.05) is 0 Å². The van der Waals surface area contributed by atoms with Crippen LogP contribution in [0.2, 0.25) is 0 Å². The SMILES string of the molecule is Cc1cnc(CC#N)c(N)c1. The second kappa shape index (κ2) is 3.02. The van der Waals surface area contributed by atoms with Gasteiger partial charge in [-0.05, 0) is 18.6 Å². The Hall–Kier alpha value is -1.56. The summed E-state index contributed by atoms with van der Waals surface area (Å²) < 4.78 is 0. The maximum absolute atomic E-state index is 8.37. The van der Waals surface area contributed by atoms with Crippen LogP contribution in [0.4, 0.5) is 5.69 Å². The van der Waals surface area contributed by atoms with Gasteiger partial charge in [0, 0.05) is 6.20 Å². The Balaban J connectivity index is 3.01. The van der Waals surface area contributed by atoms with Crippen molar-refractivity contribution in [2.24, 2.45) is 0 Å². The van der Waals surface area contributed by atoms with Crippen molar-refractivity contribution in [1.29, 1.82) is 5.26 Å². The van der Waals surface area contributed by atoms with Crippen molar-refractivity contribution < 1.29 is 0 Å². The van der Waals surface area contributed by atoms with Gasteiger partial charge in [0.2, 0.25) is 0 Å². The lowest BCUT2D eigenvalue weighted by atomic mass is 10.2. The Morgan fingerprint density at radius 1 is 1.73 bits per heavy atom. The molecule has 0 bridgehead atoms. The predicted octanol–water partition coefficient (Wildman–Crippen LogP) is 1.04. The third kappa shape index (κ3) is 1.68. The molecular formula is C8H9N3. The molecule has 56 valence electrons. The third-order valence-corrected chi connectivity index (χ3v) is 1.39. The van der Waals surface area contributed by atoms with Crippen molar-refractivity contribution in [2.45, 2.75) is 13.3 Å². The van der Waals surface area contributed by atoms with Gasteiger partial charge in [0.1, 0.15) is 0 Å². The largest absolute Gasteiger partial charge is 0.397 e. The van der Waals surface area contributed by atoms with Gasteiger partial charge in [-0.2, -0.15) is 5.26 Å². The first-order chi connectivity index (χ1) is 5.24. The summed E-state index contributed by atoms with van der Waals surface area (Å²) in [6.07, 6.45) is 2.00. The van der Waals surface area contributed by atoms with Crippen LogP contribution in [0.1, 0.15) is 11.3 Å². The molecule has 0 aromatic carbocycles. The third-order valence-electron chi connectivity index (χ3n) is 1.39. The molecule has 0 fully saturated rings. The standard InChI is InChI=1S/C8H9N3/c1-6-4-7(10)8(2-3-9)11-5-6/h4-5H,2,10H2,1H3. The number of nitrogens with zero attached hydrogens (tertiary/aromatic N) is 2. The van der Waals surface area contributed by atoms with E-state index in [9.17, 15) is 0 Å². The molecular weight excluding hydrogens is 138 g/mol. The van der Waals surface area contributed by atoms with Gasteiger partial charge in [0.15, 0.2) is 0 Å². The van der Waals surface area contributed by atoms with Crippen LogP contribution in [-0.2, 0) is 6.42 Å². The molecule has 0 aliphatic carbocycles. The highest BCUT2D eigenvalue weighted by Gasteiger charge is 1.98. The first kappa shape index (κ1) is 7.55. The zero-order valence-corrected chi connectivity index (χ0v) is 6.33. The van der Waals surface area contributed by atoms with E-state index in [4.69, 9.17) is 11.0 Å². The average Bonchev–Trinajstić information content (AvgIpc) is 1.95. The van der Waals surface area contributed by atoms with Gasteiger partial charge in [0.05, 0.1) is 23.9 Å². The van der Waals surface area contributed by atoms with Gasteiger partial charge in [-0.3, -0.25) is 4.98 Å². The summed E-state index contributed by atoms with van der Waals surface area (Å²) in [5, 5.41) is 8.37.